The Labute approximate surface area is 157 Å². The van der Waals surface area contributed by atoms with Gasteiger partial charge >= 0.3 is 0 Å². The maximum Gasteiger partial charge on any atom is 0.232 e. The van der Waals surface area contributed by atoms with Crippen molar-refractivity contribution in [2.45, 2.75) is 20.3 Å². The molecule has 5 nitrogen and oxygen atoms in total. The summed E-state index contributed by atoms with van der Waals surface area (Å²) >= 11 is 5.69. The number of rotatable bonds is 6. The van der Waals surface area contributed by atoms with E-state index in [1.165, 1.54) is 16.4 Å². The third-order valence-corrected chi connectivity index (χ3v) is 5.29. The number of halogens is 2. The Morgan fingerprint density at radius 2 is 1.81 bits per heavy atom. The van der Waals surface area contributed by atoms with Crippen molar-refractivity contribution in [1.29, 1.82) is 0 Å². The third-order valence-electron chi connectivity index (χ3n) is 3.83. The van der Waals surface area contributed by atoms with E-state index >= 15 is 0 Å². The van der Waals surface area contributed by atoms with Gasteiger partial charge in [0.15, 0.2) is 0 Å². The highest BCUT2D eigenvalue weighted by Crippen LogP contribution is 2.27. The summed E-state index contributed by atoms with van der Waals surface area (Å²) < 4.78 is 38.8. The third kappa shape index (κ3) is 4.95. The van der Waals surface area contributed by atoms with Gasteiger partial charge in [0, 0.05) is 18.7 Å². The molecule has 0 aliphatic heterocycles. The van der Waals surface area contributed by atoms with Gasteiger partial charge in [-0.25, -0.2) is 12.8 Å². The fraction of sp³-hybridized carbons (Fsp3) is 0.278. The first kappa shape index (κ1) is 20.2. The largest absolute Gasteiger partial charge is 0.326 e. The van der Waals surface area contributed by atoms with Gasteiger partial charge in [-0.2, -0.15) is 0 Å². The Kier molecular flexibility index (Phi) is 6.26. The molecule has 8 heteroatoms. The molecule has 0 heterocycles. The van der Waals surface area contributed by atoms with Crippen LogP contribution in [0.25, 0.3) is 0 Å². The molecule has 1 N–H and O–H groups in total. The molecule has 2 rings (SSSR count). The number of aryl methyl sites for hydroxylation is 2. The Bertz CT molecular complexity index is 912. The van der Waals surface area contributed by atoms with E-state index < -0.39 is 21.7 Å². The van der Waals surface area contributed by atoms with Crippen molar-refractivity contribution in [3.05, 3.63) is 58.4 Å². The van der Waals surface area contributed by atoms with Gasteiger partial charge in [-0.05, 0) is 43.2 Å². The number of carbonyl (C=O) groups excluding carboxylic acids is 1. The lowest BCUT2D eigenvalue weighted by atomic mass is 10.1. The number of sulfonamides is 1. The van der Waals surface area contributed by atoms with Gasteiger partial charge in [-0.15, -0.1) is 0 Å². The SMILES string of the molecule is Cc1cccc(C)c1N(CCC(=O)Nc1ccc(F)c(Cl)c1)S(C)(=O)=O. The minimum atomic E-state index is -3.56. The molecule has 140 valence electrons. The topological polar surface area (TPSA) is 66.5 Å². The number of anilines is 2. The maximum absolute atomic E-state index is 13.2. The summed E-state index contributed by atoms with van der Waals surface area (Å²) in [5.41, 5.74) is 2.54. The van der Waals surface area contributed by atoms with Crippen LogP contribution in [-0.4, -0.2) is 27.1 Å². The fourth-order valence-electron chi connectivity index (χ4n) is 2.64. The first-order valence-corrected chi connectivity index (χ1v) is 10.1. The Balaban J connectivity index is 2.15. The van der Waals surface area contributed by atoms with E-state index in [-0.39, 0.29) is 18.0 Å². The lowest BCUT2D eigenvalue weighted by Gasteiger charge is -2.25. The van der Waals surface area contributed by atoms with Crippen molar-refractivity contribution in [2.75, 3.05) is 22.4 Å². The molecule has 2 aromatic carbocycles. The Morgan fingerprint density at radius 1 is 1.19 bits per heavy atom. The van der Waals surface area contributed by atoms with Crippen molar-refractivity contribution in [3.8, 4) is 0 Å². The molecule has 0 bridgehead atoms. The van der Waals surface area contributed by atoms with Crippen LogP contribution in [0.15, 0.2) is 36.4 Å². The molecule has 0 aliphatic rings. The molecule has 0 saturated carbocycles. The zero-order valence-corrected chi connectivity index (χ0v) is 16.3. The van der Waals surface area contributed by atoms with Crippen LogP contribution < -0.4 is 9.62 Å². The maximum atomic E-state index is 13.2. The average Bonchev–Trinajstić information content (AvgIpc) is 2.52. The highest BCUT2D eigenvalue weighted by molar-refractivity contribution is 7.92. The van der Waals surface area contributed by atoms with E-state index in [1.54, 1.807) is 0 Å². The molecule has 0 aromatic heterocycles. The van der Waals surface area contributed by atoms with Crippen LogP contribution in [-0.2, 0) is 14.8 Å². The smallest absolute Gasteiger partial charge is 0.232 e. The molecular formula is C18H20ClFN2O3S. The molecule has 26 heavy (non-hydrogen) atoms. The quantitative estimate of drug-likeness (QED) is 0.802. The van der Waals surface area contributed by atoms with Crippen LogP contribution in [0.2, 0.25) is 5.02 Å². The van der Waals surface area contributed by atoms with E-state index in [2.05, 4.69) is 5.32 Å². The Hall–Kier alpha value is -2.12. The molecular weight excluding hydrogens is 379 g/mol. The van der Waals surface area contributed by atoms with Crippen molar-refractivity contribution >= 4 is 38.9 Å². The minimum Gasteiger partial charge on any atom is -0.326 e. The number of benzene rings is 2. The van der Waals surface area contributed by atoms with Crippen LogP contribution in [0.5, 0.6) is 0 Å². The molecule has 0 spiro atoms. The second-order valence-electron chi connectivity index (χ2n) is 6.00. The number of nitrogens with zero attached hydrogens (tertiary/aromatic N) is 1. The predicted octanol–water partition coefficient (Wildman–Crippen LogP) is 3.89. The zero-order valence-electron chi connectivity index (χ0n) is 14.7. The molecule has 0 atom stereocenters. The molecule has 0 saturated heterocycles. The lowest BCUT2D eigenvalue weighted by molar-refractivity contribution is -0.116. The molecule has 0 fully saturated rings. The zero-order chi connectivity index (χ0) is 19.5. The highest BCUT2D eigenvalue weighted by Gasteiger charge is 2.22. The van der Waals surface area contributed by atoms with Crippen LogP contribution in [0.1, 0.15) is 17.5 Å². The fourth-order valence-corrected chi connectivity index (χ4v) is 3.87. The second kappa shape index (κ2) is 8.05. The second-order valence-corrected chi connectivity index (χ2v) is 8.32. The number of para-hydroxylation sites is 1. The number of nitrogens with one attached hydrogen (secondary N) is 1. The molecule has 0 aliphatic carbocycles. The van der Waals surface area contributed by atoms with E-state index in [0.29, 0.717) is 11.4 Å². The normalized spacial score (nSPS) is 11.3. The summed E-state index contributed by atoms with van der Waals surface area (Å²) in [5, 5.41) is 2.49. The van der Waals surface area contributed by atoms with Gasteiger partial charge in [-0.3, -0.25) is 9.10 Å². The van der Waals surface area contributed by atoms with Crippen molar-refractivity contribution in [2.24, 2.45) is 0 Å². The van der Waals surface area contributed by atoms with Crippen LogP contribution in [0.4, 0.5) is 15.8 Å². The van der Waals surface area contributed by atoms with Crippen LogP contribution >= 0.6 is 11.6 Å². The van der Waals surface area contributed by atoms with Crippen LogP contribution in [0.3, 0.4) is 0 Å². The summed E-state index contributed by atoms with van der Waals surface area (Å²) in [4.78, 5) is 12.2. The van der Waals surface area contributed by atoms with Crippen molar-refractivity contribution in [1.82, 2.24) is 0 Å². The molecule has 0 radical (unpaired) electrons. The van der Waals surface area contributed by atoms with E-state index in [1.807, 2.05) is 32.0 Å². The van der Waals surface area contributed by atoms with Crippen molar-refractivity contribution in [3.63, 3.8) is 0 Å². The van der Waals surface area contributed by atoms with Gasteiger partial charge in [0.05, 0.1) is 17.0 Å². The highest BCUT2D eigenvalue weighted by atomic mass is 35.5. The number of carbonyl (C=O) groups is 1. The first-order chi connectivity index (χ1) is 12.1. The minimum absolute atomic E-state index is 0.00864. The number of amides is 1. The van der Waals surface area contributed by atoms with Crippen molar-refractivity contribution < 1.29 is 17.6 Å². The molecule has 1 amide bonds. The molecule has 2 aromatic rings. The predicted molar refractivity (Wildman–Crippen MR) is 103 cm³/mol. The number of hydrogen-bond donors (Lipinski definition) is 1. The molecule has 0 unspecified atom stereocenters. The summed E-state index contributed by atoms with van der Waals surface area (Å²) in [5.74, 6) is -0.976. The Morgan fingerprint density at radius 3 is 2.35 bits per heavy atom. The van der Waals surface area contributed by atoms with Gasteiger partial charge in [-0.1, -0.05) is 29.8 Å². The summed E-state index contributed by atoms with van der Waals surface area (Å²) in [6, 6.07) is 9.33. The van der Waals surface area contributed by atoms with Gasteiger partial charge in [0.1, 0.15) is 5.82 Å². The monoisotopic (exact) mass is 398 g/mol. The summed E-state index contributed by atoms with van der Waals surface area (Å²) in [7, 11) is -3.56. The summed E-state index contributed by atoms with van der Waals surface area (Å²) in [6.07, 6.45) is 1.05. The van der Waals surface area contributed by atoms with Gasteiger partial charge < -0.3 is 5.32 Å². The van der Waals surface area contributed by atoms with Crippen LogP contribution in [0, 0.1) is 19.7 Å². The lowest BCUT2D eigenvalue weighted by Crippen LogP contribution is -2.34. The van der Waals surface area contributed by atoms with E-state index in [0.717, 1.165) is 23.4 Å². The van der Waals surface area contributed by atoms with E-state index in [4.69, 9.17) is 11.6 Å². The standard InChI is InChI=1S/C18H20ClFN2O3S/c1-12-5-4-6-13(2)18(12)22(26(3,24)25)10-9-17(23)21-14-7-8-16(20)15(19)11-14/h4-8,11H,9-10H2,1-3H3,(H,21,23). The van der Waals surface area contributed by atoms with E-state index in [9.17, 15) is 17.6 Å². The van der Waals surface area contributed by atoms with Gasteiger partial charge in [0.2, 0.25) is 15.9 Å². The number of hydrogen-bond acceptors (Lipinski definition) is 3. The first-order valence-electron chi connectivity index (χ1n) is 7.88. The average molecular weight is 399 g/mol. The van der Waals surface area contributed by atoms with Gasteiger partial charge in [0.25, 0.3) is 0 Å². The summed E-state index contributed by atoms with van der Waals surface area (Å²) in [6.45, 7) is 3.63.